The first-order valence-corrected chi connectivity index (χ1v) is 8.69. The molecule has 0 aliphatic rings. The average molecular weight is 406 g/mol. The Morgan fingerprint density at radius 2 is 1.73 bits per heavy atom. The van der Waals surface area contributed by atoms with Gasteiger partial charge in [0, 0.05) is 24.1 Å². The van der Waals surface area contributed by atoms with Crippen molar-refractivity contribution < 1.29 is 13.2 Å². The van der Waals surface area contributed by atoms with Crippen LogP contribution in [0.3, 0.4) is 0 Å². The zero-order chi connectivity index (χ0) is 21.4. The third-order valence-corrected chi connectivity index (χ3v) is 4.56. The molecular weight excluding hydrogens is 393 g/mol. The van der Waals surface area contributed by atoms with Gasteiger partial charge in [-0.05, 0) is 35.9 Å². The molecule has 4 rings (SSSR count). The van der Waals surface area contributed by atoms with Crippen molar-refractivity contribution >= 4 is 28.4 Å². The topological polar surface area (TPSA) is 91.7 Å². The number of nitrogen functional groups attached to an aromatic ring is 1. The molecular formula is C21H13F3N6. The lowest BCUT2D eigenvalue weighted by atomic mass is 10.0. The molecule has 0 spiro atoms. The molecule has 0 bridgehead atoms. The Kier molecular flexibility index (Phi) is 4.68. The number of fused-ring (bicyclic) bond motifs is 1. The van der Waals surface area contributed by atoms with Gasteiger partial charge in [-0.15, -0.1) is 0 Å². The summed E-state index contributed by atoms with van der Waals surface area (Å²) in [6, 6.07) is 10.7. The summed E-state index contributed by atoms with van der Waals surface area (Å²) in [5.74, 6) is -1.80. The highest BCUT2D eigenvalue weighted by atomic mass is 19.1. The molecule has 0 atom stereocenters. The van der Waals surface area contributed by atoms with Gasteiger partial charge in [-0.2, -0.15) is 5.26 Å². The number of pyridine rings is 1. The molecule has 2 aromatic carbocycles. The van der Waals surface area contributed by atoms with Crippen molar-refractivity contribution in [1.29, 1.82) is 5.26 Å². The summed E-state index contributed by atoms with van der Waals surface area (Å²) in [5.41, 5.74) is 6.50. The van der Waals surface area contributed by atoms with Crippen molar-refractivity contribution in [2.75, 3.05) is 17.7 Å². The van der Waals surface area contributed by atoms with Crippen LogP contribution in [0.1, 0.15) is 5.56 Å². The van der Waals surface area contributed by atoms with E-state index in [-0.39, 0.29) is 39.5 Å². The minimum Gasteiger partial charge on any atom is -0.382 e. The molecule has 6 nitrogen and oxygen atoms in total. The van der Waals surface area contributed by atoms with Crippen LogP contribution in [-0.4, -0.2) is 22.0 Å². The number of nitrogens with zero attached hydrogens (tertiary/aromatic N) is 5. The van der Waals surface area contributed by atoms with E-state index in [1.807, 2.05) is 6.07 Å². The quantitative estimate of drug-likeness (QED) is 0.545. The molecule has 2 heterocycles. The number of rotatable bonds is 3. The maximum absolute atomic E-state index is 14.4. The van der Waals surface area contributed by atoms with E-state index in [9.17, 15) is 18.4 Å². The molecule has 30 heavy (non-hydrogen) atoms. The summed E-state index contributed by atoms with van der Waals surface area (Å²) in [5, 5.41) is 9.63. The van der Waals surface area contributed by atoms with Gasteiger partial charge in [-0.3, -0.25) is 0 Å². The third-order valence-electron chi connectivity index (χ3n) is 4.56. The fourth-order valence-corrected chi connectivity index (χ4v) is 3.18. The van der Waals surface area contributed by atoms with Crippen molar-refractivity contribution in [2.45, 2.75) is 0 Å². The van der Waals surface area contributed by atoms with Gasteiger partial charge in [-0.25, -0.2) is 28.1 Å². The summed E-state index contributed by atoms with van der Waals surface area (Å²) in [7, 11) is 1.56. The highest BCUT2D eigenvalue weighted by Gasteiger charge is 2.21. The minimum atomic E-state index is -0.795. The van der Waals surface area contributed by atoms with E-state index in [0.29, 0.717) is 5.52 Å². The van der Waals surface area contributed by atoms with Crippen molar-refractivity contribution in [3.8, 4) is 17.2 Å². The third kappa shape index (κ3) is 3.24. The molecule has 0 aliphatic carbocycles. The fourth-order valence-electron chi connectivity index (χ4n) is 3.18. The summed E-state index contributed by atoms with van der Waals surface area (Å²) in [4.78, 5) is 13.8. The van der Waals surface area contributed by atoms with Gasteiger partial charge in [0.15, 0.2) is 5.82 Å². The Morgan fingerprint density at radius 1 is 1.00 bits per heavy atom. The molecule has 0 aliphatic heterocycles. The lowest BCUT2D eigenvalue weighted by molar-refractivity contribution is 0.584. The fraction of sp³-hybridized carbons (Fsp3) is 0.0476. The van der Waals surface area contributed by atoms with Gasteiger partial charge in [0.1, 0.15) is 47.0 Å². The molecule has 9 heteroatoms. The lowest BCUT2D eigenvalue weighted by Gasteiger charge is -2.22. The number of nitrogens with two attached hydrogens (primary N) is 1. The molecule has 2 N–H and O–H groups in total. The normalized spacial score (nSPS) is 10.8. The van der Waals surface area contributed by atoms with Gasteiger partial charge in [-0.1, -0.05) is 6.07 Å². The summed E-state index contributed by atoms with van der Waals surface area (Å²) in [6.45, 7) is 0. The molecule has 0 amide bonds. The summed E-state index contributed by atoms with van der Waals surface area (Å²) in [6.07, 6.45) is 1.18. The zero-order valence-corrected chi connectivity index (χ0v) is 15.6. The Hall–Kier alpha value is -4.19. The number of hydrogen-bond acceptors (Lipinski definition) is 6. The number of aromatic nitrogens is 3. The van der Waals surface area contributed by atoms with E-state index >= 15 is 0 Å². The first-order chi connectivity index (χ1) is 14.4. The molecule has 148 valence electrons. The first kappa shape index (κ1) is 19.1. The van der Waals surface area contributed by atoms with Crippen LogP contribution in [0.25, 0.3) is 22.0 Å². The van der Waals surface area contributed by atoms with Crippen LogP contribution >= 0.6 is 0 Å². The van der Waals surface area contributed by atoms with Crippen molar-refractivity contribution in [1.82, 2.24) is 15.0 Å². The second-order valence-corrected chi connectivity index (χ2v) is 6.45. The molecule has 0 saturated carbocycles. The standard InChI is InChI=1S/C21H13F3N6/c1-30(20-16(9-25)19(26)27-10-28-20)21-14(11-5-12(22)7-13(23)6-11)8-15-17(24)3-2-4-18(15)29-21/h2-8,10H,1H3,(H2,26,27,28). The largest absolute Gasteiger partial charge is 0.382 e. The molecule has 0 unspecified atom stereocenters. The van der Waals surface area contributed by atoms with E-state index in [0.717, 1.165) is 18.2 Å². The van der Waals surface area contributed by atoms with Crippen molar-refractivity contribution in [2.24, 2.45) is 0 Å². The van der Waals surface area contributed by atoms with Crippen LogP contribution < -0.4 is 10.6 Å². The van der Waals surface area contributed by atoms with Crippen LogP contribution in [-0.2, 0) is 0 Å². The minimum absolute atomic E-state index is 0.0116. The van der Waals surface area contributed by atoms with Crippen molar-refractivity contribution in [3.05, 3.63) is 71.8 Å². The van der Waals surface area contributed by atoms with E-state index in [1.54, 1.807) is 13.1 Å². The highest BCUT2D eigenvalue weighted by Crippen LogP contribution is 2.37. The number of nitriles is 1. The van der Waals surface area contributed by atoms with Gasteiger partial charge in [0.25, 0.3) is 0 Å². The van der Waals surface area contributed by atoms with E-state index in [4.69, 9.17) is 5.73 Å². The predicted molar refractivity (Wildman–Crippen MR) is 106 cm³/mol. The van der Waals surface area contributed by atoms with Crippen LogP contribution in [0.4, 0.5) is 30.6 Å². The molecule has 4 aromatic rings. The predicted octanol–water partition coefficient (Wildman–Crippen LogP) is 4.33. The van der Waals surface area contributed by atoms with Crippen LogP contribution in [0, 0.1) is 28.8 Å². The Labute approximate surface area is 169 Å². The molecule has 0 radical (unpaired) electrons. The lowest BCUT2D eigenvalue weighted by Crippen LogP contribution is -2.17. The zero-order valence-electron chi connectivity index (χ0n) is 15.6. The van der Waals surface area contributed by atoms with Gasteiger partial charge in [0.05, 0.1) is 5.52 Å². The number of halogens is 3. The maximum Gasteiger partial charge on any atom is 0.157 e. The smallest absolute Gasteiger partial charge is 0.157 e. The molecule has 0 fully saturated rings. The van der Waals surface area contributed by atoms with Gasteiger partial charge in [0.2, 0.25) is 0 Å². The van der Waals surface area contributed by atoms with Crippen LogP contribution in [0.5, 0.6) is 0 Å². The molecule has 2 aromatic heterocycles. The maximum atomic E-state index is 14.4. The average Bonchev–Trinajstić information content (AvgIpc) is 2.72. The monoisotopic (exact) mass is 406 g/mol. The Morgan fingerprint density at radius 3 is 2.43 bits per heavy atom. The van der Waals surface area contributed by atoms with Crippen LogP contribution in [0.15, 0.2) is 48.8 Å². The summed E-state index contributed by atoms with van der Waals surface area (Å²) < 4.78 is 42.2. The van der Waals surface area contributed by atoms with E-state index in [2.05, 4.69) is 15.0 Å². The summed E-state index contributed by atoms with van der Waals surface area (Å²) >= 11 is 0. The number of benzene rings is 2. The number of anilines is 3. The molecule has 0 saturated heterocycles. The second-order valence-electron chi connectivity index (χ2n) is 6.45. The number of hydrogen-bond donors (Lipinski definition) is 1. The Bertz CT molecular complexity index is 1310. The highest BCUT2D eigenvalue weighted by molar-refractivity contribution is 5.91. The second kappa shape index (κ2) is 7.33. The Balaban J connectivity index is 2.03. The van der Waals surface area contributed by atoms with Crippen molar-refractivity contribution in [3.63, 3.8) is 0 Å². The van der Waals surface area contributed by atoms with Crippen LogP contribution in [0.2, 0.25) is 0 Å². The van der Waals surface area contributed by atoms with E-state index < -0.39 is 17.5 Å². The van der Waals surface area contributed by atoms with Gasteiger partial charge >= 0.3 is 0 Å². The first-order valence-electron chi connectivity index (χ1n) is 8.69. The SMILES string of the molecule is CN(c1nc2cccc(F)c2cc1-c1cc(F)cc(F)c1)c1ncnc(N)c1C#N. The van der Waals surface area contributed by atoms with E-state index in [1.165, 1.54) is 29.4 Å². The van der Waals surface area contributed by atoms with Gasteiger partial charge < -0.3 is 10.6 Å².